The van der Waals surface area contributed by atoms with Crippen LogP contribution in [-0.2, 0) is 27.4 Å². The van der Waals surface area contributed by atoms with E-state index in [4.69, 9.17) is 4.74 Å². The molecule has 9 nitrogen and oxygen atoms in total. The Morgan fingerprint density at radius 1 is 1.19 bits per heavy atom. The average Bonchev–Trinajstić information content (AvgIpc) is 3.40. The number of hydrogen-bond donors (Lipinski definition) is 1. The normalized spacial score (nSPS) is 20.9. The minimum absolute atomic E-state index is 0.0441. The molecule has 1 aromatic carbocycles. The van der Waals surface area contributed by atoms with Gasteiger partial charge in [-0.25, -0.2) is 18.1 Å². The maximum atomic E-state index is 13.1. The highest BCUT2D eigenvalue weighted by atomic mass is 32.2. The van der Waals surface area contributed by atoms with Crippen molar-refractivity contribution in [2.75, 3.05) is 11.8 Å². The Hall–Kier alpha value is -3.24. The number of methoxy groups -OCH3 is 1. The van der Waals surface area contributed by atoms with Gasteiger partial charge in [0.1, 0.15) is 4.90 Å². The lowest BCUT2D eigenvalue weighted by atomic mass is 9.68. The van der Waals surface area contributed by atoms with E-state index in [1.807, 2.05) is 18.2 Å². The highest BCUT2D eigenvalue weighted by Crippen LogP contribution is 2.48. The molecule has 1 aliphatic rings. The largest absolute Gasteiger partial charge is 0.374 e. The second kappa shape index (κ2) is 7.42. The maximum Gasteiger partial charge on any atom is 0.265 e. The molecule has 166 valence electrons. The van der Waals surface area contributed by atoms with Gasteiger partial charge in [-0.1, -0.05) is 19.1 Å². The first-order valence-electron chi connectivity index (χ1n) is 10.3. The van der Waals surface area contributed by atoms with Crippen LogP contribution in [0.2, 0.25) is 0 Å². The van der Waals surface area contributed by atoms with Crippen molar-refractivity contribution in [3.63, 3.8) is 0 Å². The SMILES string of the molecule is COC1(c2ccnc(-n3cc(S(=O)(=O)Nc4cccc5cnn(C)c45)cn3)c2)CC(C)C1. The van der Waals surface area contributed by atoms with E-state index in [0.717, 1.165) is 23.8 Å². The summed E-state index contributed by atoms with van der Waals surface area (Å²) in [6.07, 6.45) is 8.05. The minimum atomic E-state index is -3.86. The fraction of sp³-hybridized carbons (Fsp3) is 0.318. The first-order chi connectivity index (χ1) is 15.3. The van der Waals surface area contributed by atoms with Crippen LogP contribution in [-0.4, -0.2) is 40.1 Å². The average molecular weight is 453 g/mol. The number of nitrogens with one attached hydrogen (secondary N) is 1. The van der Waals surface area contributed by atoms with Gasteiger partial charge in [-0.15, -0.1) is 0 Å². The van der Waals surface area contributed by atoms with Crippen LogP contribution in [0.4, 0.5) is 5.69 Å². The Labute approximate surface area is 186 Å². The molecule has 0 aliphatic heterocycles. The van der Waals surface area contributed by atoms with Crippen LogP contribution in [0.5, 0.6) is 0 Å². The van der Waals surface area contributed by atoms with E-state index in [1.54, 1.807) is 43.4 Å². The lowest BCUT2D eigenvalue weighted by Crippen LogP contribution is -2.41. The van der Waals surface area contributed by atoms with Crippen molar-refractivity contribution in [2.45, 2.75) is 30.3 Å². The zero-order chi connectivity index (χ0) is 22.5. The number of hydrogen-bond acceptors (Lipinski definition) is 6. The molecule has 0 atom stereocenters. The van der Waals surface area contributed by atoms with Gasteiger partial charge in [-0.3, -0.25) is 9.40 Å². The Morgan fingerprint density at radius 2 is 2.00 bits per heavy atom. The monoisotopic (exact) mass is 452 g/mol. The Balaban J connectivity index is 1.45. The number of rotatable bonds is 6. The predicted molar refractivity (Wildman–Crippen MR) is 120 cm³/mol. The van der Waals surface area contributed by atoms with Crippen LogP contribution in [0.3, 0.4) is 0 Å². The Kier molecular flexibility index (Phi) is 4.79. The third kappa shape index (κ3) is 3.35. The number of benzene rings is 1. The van der Waals surface area contributed by atoms with Gasteiger partial charge >= 0.3 is 0 Å². The molecule has 0 amide bonds. The van der Waals surface area contributed by atoms with Gasteiger partial charge in [0.2, 0.25) is 0 Å². The molecular formula is C22H24N6O3S. The van der Waals surface area contributed by atoms with Crippen LogP contribution in [0, 0.1) is 5.92 Å². The lowest BCUT2D eigenvalue weighted by molar-refractivity contribution is -0.107. The highest BCUT2D eigenvalue weighted by Gasteiger charge is 2.44. The quantitative estimate of drug-likeness (QED) is 0.482. The third-order valence-corrected chi connectivity index (χ3v) is 7.45. The maximum absolute atomic E-state index is 13.1. The van der Waals surface area contributed by atoms with Crippen LogP contribution in [0.15, 0.2) is 60.0 Å². The van der Waals surface area contributed by atoms with Crippen molar-refractivity contribution in [1.82, 2.24) is 24.5 Å². The predicted octanol–water partition coefficient (Wildman–Crippen LogP) is 3.23. The molecule has 4 aromatic rings. The number of fused-ring (bicyclic) bond motifs is 1. The van der Waals surface area contributed by atoms with Crippen molar-refractivity contribution in [1.29, 1.82) is 0 Å². The van der Waals surface area contributed by atoms with E-state index >= 15 is 0 Å². The smallest absolute Gasteiger partial charge is 0.265 e. The number of aromatic nitrogens is 5. The van der Waals surface area contributed by atoms with Gasteiger partial charge in [0.25, 0.3) is 10.0 Å². The fourth-order valence-corrected chi connectivity index (χ4v) is 5.50. The molecule has 1 N–H and O–H groups in total. The van der Waals surface area contributed by atoms with Crippen LogP contribution in [0.25, 0.3) is 16.7 Å². The van der Waals surface area contributed by atoms with Gasteiger partial charge in [-0.2, -0.15) is 10.2 Å². The number of aryl methyl sites for hydroxylation is 1. The molecule has 1 fully saturated rings. The number of sulfonamides is 1. The molecule has 1 aliphatic carbocycles. The van der Waals surface area contributed by atoms with E-state index in [0.29, 0.717) is 22.9 Å². The van der Waals surface area contributed by atoms with Gasteiger partial charge in [0, 0.05) is 25.7 Å². The summed E-state index contributed by atoms with van der Waals surface area (Å²) in [4.78, 5) is 4.42. The Bertz CT molecular complexity index is 1400. The van der Waals surface area contributed by atoms with Crippen molar-refractivity contribution in [3.05, 3.63) is 60.7 Å². The zero-order valence-corrected chi connectivity index (χ0v) is 18.9. The summed E-state index contributed by atoms with van der Waals surface area (Å²) in [5.74, 6) is 1.14. The van der Waals surface area contributed by atoms with Crippen LogP contribution < -0.4 is 4.72 Å². The van der Waals surface area contributed by atoms with Gasteiger partial charge in [-0.05, 0) is 42.5 Å². The minimum Gasteiger partial charge on any atom is -0.374 e. The summed E-state index contributed by atoms with van der Waals surface area (Å²) in [6.45, 7) is 2.20. The molecule has 3 heterocycles. The molecule has 0 radical (unpaired) electrons. The number of ether oxygens (including phenoxy) is 1. The molecular weight excluding hydrogens is 428 g/mol. The van der Waals surface area contributed by atoms with Gasteiger partial charge in [0.15, 0.2) is 5.82 Å². The number of nitrogens with zero attached hydrogens (tertiary/aromatic N) is 5. The highest BCUT2D eigenvalue weighted by molar-refractivity contribution is 7.92. The number of para-hydroxylation sites is 1. The molecule has 0 unspecified atom stereocenters. The first kappa shape index (κ1) is 20.7. The molecule has 0 spiro atoms. The number of anilines is 1. The molecule has 0 saturated heterocycles. The molecule has 10 heteroatoms. The molecule has 32 heavy (non-hydrogen) atoms. The summed E-state index contributed by atoms with van der Waals surface area (Å²) in [7, 11) is -0.366. The third-order valence-electron chi connectivity index (χ3n) is 6.13. The van der Waals surface area contributed by atoms with E-state index in [2.05, 4.69) is 26.8 Å². The van der Waals surface area contributed by atoms with Crippen molar-refractivity contribution in [2.24, 2.45) is 13.0 Å². The van der Waals surface area contributed by atoms with E-state index in [-0.39, 0.29) is 10.5 Å². The van der Waals surface area contributed by atoms with E-state index < -0.39 is 10.0 Å². The van der Waals surface area contributed by atoms with Crippen molar-refractivity contribution >= 4 is 26.6 Å². The summed E-state index contributed by atoms with van der Waals surface area (Å²) >= 11 is 0. The van der Waals surface area contributed by atoms with Gasteiger partial charge < -0.3 is 4.74 Å². The zero-order valence-electron chi connectivity index (χ0n) is 18.1. The summed E-state index contributed by atoms with van der Waals surface area (Å²) in [6, 6.07) is 9.22. The number of pyridine rings is 1. The second-order valence-corrected chi connectivity index (χ2v) is 10.0. The summed E-state index contributed by atoms with van der Waals surface area (Å²) in [5, 5.41) is 9.30. The molecule has 3 aromatic heterocycles. The van der Waals surface area contributed by atoms with E-state index in [1.165, 1.54) is 17.1 Å². The van der Waals surface area contributed by atoms with Crippen molar-refractivity contribution < 1.29 is 13.2 Å². The summed E-state index contributed by atoms with van der Waals surface area (Å²) < 4.78 is 37.7. The standard InChI is InChI=1S/C22H24N6O3S/c1-15-10-22(11-15,31-3)17-7-8-23-20(9-17)28-14-18(13-25-28)32(29,30)26-19-6-4-5-16-12-24-27(2)21(16)19/h4-9,12-15,26H,10-11H2,1-3H3. The molecule has 5 rings (SSSR count). The lowest BCUT2D eigenvalue weighted by Gasteiger charge is -2.45. The second-order valence-electron chi connectivity index (χ2n) is 8.35. The topological polar surface area (TPSA) is 104 Å². The molecule has 0 bridgehead atoms. The fourth-order valence-electron chi connectivity index (χ4n) is 4.50. The summed E-state index contributed by atoms with van der Waals surface area (Å²) in [5.41, 5.74) is 1.86. The van der Waals surface area contributed by atoms with E-state index in [9.17, 15) is 8.42 Å². The Morgan fingerprint density at radius 3 is 2.75 bits per heavy atom. The van der Waals surface area contributed by atoms with Gasteiger partial charge in [0.05, 0.1) is 35.4 Å². The van der Waals surface area contributed by atoms with Crippen LogP contribution >= 0.6 is 0 Å². The van der Waals surface area contributed by atoms with Crippen molar-refractivity contribution in [3.8, 4) is 5.82 Å². The van der Waals surface area contributed by atoms with Crippen LogP contribution in [0.1, 0.15) is 25.3 Å². The molecule has 1 saturated carbocycles. The first-order valence-corrected chi connectivity index (χ1v) is 11.8.